The van der Waals surface area contributed by atoms with Crippen molar-refractivity contribution in [3.63, 3.8) is 0 Å². The Bertz CT molecular complexity index is 1190. The van der Waals surface area contributed by atoms with Gasteiger partial charge in [-0.15, -0.1) is 0 Å². The normalized spacial score (nSPS) is 18.3. The lowest BCUT2D eigenvalue weighted by atomic mass is 9.95. The number of ether oxygens (including phenoxy) is 1. The number of rotatable bonds is 5. The predicted molar refractivity (Wildman–Crippen MR) is 115 cm³/mol. The number of aromatic carboxylic acids is 1. The zero-order chi connectivity index (χ0) is 23.8. The summed E-state index contributed by atoms with van der Waals surface area (Å²) >= 11 is 0. The van der Waals surface area contributed by atoms with Gasteiger partial charge in [0.1, 0.15) is 6.10 Å². The van der Waals surface area contributed by atoms with E-state index in [1.165, 1.54) is 29.2 Å². The third kappa shape index (κ3) is 4.55. The van der Waals surface area contributed by atoms with Gasteiger partial charge in [0.15, 0.2) is 0 Å². The Morgan fingerprint density at radius 2 is 1.76 bits per heavy atom. The second kappa shape index (κ2) is 8.61. The van der Waals surface area contributed by atoms with E-state index >= 15 is 0 Å². The van der Waals surface area contributed by atoms with Crippen LogP contribution in [-0.2, 0) is 17.5 Å². The Kier molecular flexibility index (Phi) is 5.84. The van der Waals surface area contributed by atoms with Crippen LogP contribution in [0.15, 0.2) is 72.8 Å². The third-order valence-electron chi connectivity index (χ3n) is 5.71. The van der Waals surface area contributed by atoms with Crippen molar-refractivity contribution in [3.8, 4) is 11.1 Å². The Hall–Kier alpha value is -3.81. The lowest BCUT2D eigenvalue weighted by Gasteiger charge is -2.23. The van der Waals surface area contributed by atoms with Gasteiger partial charge >= 0.3 is 18.2 Å². The van der Waals surface area contributed by atoms with Crippen molar-refractivity contribution >= 4 is 12.1 Å². The van der Waals surface area contributed by atoms with Crippen LogP contribution in [0.4, 0.5) is 18.0 Å². The van der Waals surface area contributed by atoms with E-state index in [1.807, 2.05) is 30.3 Å². The number of amides is 1. The smallest absolute Gasteiger partial charge is 0.416 e. The van der Waals surface area contributed by atoms with Crippen molar-refractivity contribution in [2.24, 2.45) is 0 Å². The highest BCUT2D eigenvalue weighted by molar-refractivity contribution is 5.89. The average molecular weight is 455 g/mol. The zero-order valence-electron chi connectivity index (χ0n) is 17.5. The quantitative estimate of drug-likeness (QED) is 0.501. The summed E-state index contributed by atoms with van der Waals surface area (Å²) in [6.07, 6.45) is -5.75. The van der Waals surface area contributed by atoms with Crippen molar-refractivity contribution in [2.75, 3.05) is 0 Å². The molecule has 1 N–H and O–H groups in total. The molecule has 0 aliphatic carbocycles. The van der Waals surface area contributed by atoms with Gasteiger partial charge < -0.3 is 9.84 Å². The summed E-state index contributed by atoms with van der Waals surface area (Å²) in [5.74, 6) is -1.15. The number of carbonyl (C=O) groups is 2. The molecule has 4 rings (SSSR count). The van der Waals surface area contributed by atoms with Gasteiger partial charge in [0.05, 0.1) is 23.7 Å². The monoisotopic (exact) mass is 455 g/mol. The number of benzene rings is 3. The molecule has 1 amide bonds. The number of carboxylic acid groups (broad SMARTS) is 1. The van der Waals surface area contributed by atoms with Crippen molar-refractivity contribution in [1.82, 2.24) is 4.90 Å². The van der Waals surface area contributed by atoms with Gasteiger partial charge in [-0.25, -0.2) is 9.59 Å². The molecule has 0 bridgehead atoms. The lowest BCUT2D eigenvalue weighted by Crippen LogP contribution is -2.31. The second-order valence-electron chi connectivity index (χ2n) is 7.84. The summed E-state index contributed by atoms with van der Waals surface area (Å²) in [6, 6.07) is 17.9. The first-order chi connectivity index (χ1) is 15.6. The van der Waals surface area contributed by atoms with Gasteiger partial charge in [-0.3, -0.25) is 4.90 Å². The molecule has 3 aromatic rings. The minimum absolute atomic E-state index is 0.0106. The zero-order valence-corrected chi connectivity index (χ0v) is 17.5. The van der Waals surface area contributed by atoms with Crippen LogP contribution in [-0.4, -0.2) is 28.1 Å². The molecule has 0 aromatic heterocycles. The minimum Gasteiger partial charge on any atom is -0.478 e. The molecular formula is C25H20F3NO4. The van der Waals surface area contributed by atoms with Crippen molar-refractivity contribution < 1.29 is 32.6 Å². The topological polar surface area (TPSA) is 66.8 Å². The van der Waals surface area contributed by atoms with E-state index in [2.05, 4.69) is 0 Å². The number of carboxylic acids is 1. The van der Waals surface area contributed by atoms with Gasteiger partial charge in [-0.2, -0.15) is 13.2 Å². The van der Waals surface area contributed by atoms with Crippen molar-refractivity contribution in [1.29, 1.82) is 0 Å². The number of cyclic esters (lactones) is 1. The molecule has 1 heterocycles. The van der Waals surface area contributed by atoms with E-state index in [4.69, 9.17) is 4.74 Å². The van der Waals surface area contributed by atoms with Gasteiger partial charge in [0.2, 0.25) is 0 Å². The minimum atomic E-state index is -4.57. The van der Waals surface area contributed by atoms with Gasteiger partial charge in [0, 0.05) is 0 Å². The molecule has 1 aliphatic heterocycles. The van der Waals surface area contributed by atoms with Crippen LogP contribution in [0.2, 0.25) is 0 Å². The standard InChI is InChI=1S/C25H20F3NO4/c1-15-22(16-6-3-2-4-7-16)33-24(32)29(15)14-19-13-20(25(26,27)28)10-11-21(19)17-8-5-9-18(12-17)23(30)31/h2-13,15,22H,14H2,1H3,(H,30,31)/t15-,22-/m0/s1. The SMILES string of the molecule is C[C@H]1[C@@H](c2ccccc2)OC(=O)N1Cc1cc(C(F)(F)F)ccc1-c1cccc(C(=O)O)c1. The molecule has 2 atom stereocenters. The summed E-state index contributed by atoms with van der Waals surface area (Å²) < 4.78 is 45.8. The van der Waals surface area contributed by atoms with Crippen LogP contribution in [0, 0.1) is 0 Å². The maximum absolute atomic E-state index is 13.4. The van der Waals surface area contributed by atoms with Gasteiger partial charge in [-0.05, 0) is 53.4 Å². The van der Waals surface area contributed by atoms with E-state index in [1.54, 1.807) is 13.0 Å². The molecule has 1 aliphatic rings. The average Bonchev–Trinajstić information content (AvgIpc) is 3.07. The fraction of sp³-hybridized carbons (Fsp3) is 0.200. The van der Waals surface area contributed by atoms with Crippen LogP contribution in [0.3, 0.4) is 0 Å². The van der Waals surface area contributed by atoms with E-state index in [-0.39, 0.29) is 17.7 Å². The molecule has 170 valence electrons. The predicted octanol–water partition coefficient (Wildman–Crippen LogP) is 6.15. The van der Waals surface area contributed by atoms with E-state index in [0.717, 1.165) is 17.7 Å². The van der Waals surface area contributed by atoms with Crippen LogP contribution < -0.4 is 0 Å². The summed E-state index contributed by atoms with van der Waals surface area (Å²) in [5.41, 5.74) is 1.05. The molecule has 0 saturated carbocycles. The van der Waals surface area contributed by atoms with Gasteiger partial charge in [-0.1, -0.05) is 48.5 Å². The lowest BCUT2D eigenvalue weighted by molar-refractivity contribution is -0.137. The fourth-order valence-electron chi connectivity index (χ4n) is 3.99. The number of carbonyl (C=O) groups excluding carboxylic acids is 1. The maximum atomic E-state index is 13.4. The molecule has 5 nitrogen and oxygen atoms in total. The van der Waals surface area contributed by atoms with Gasteiger partial charge in [0.25, 0.3) is 0 Å². The maximum Gasteiger partial charge on any atom is 0.416 e. The molecule has 33 heavy (non-hydrogen) atoms. The van der Waals surface area contributed by atoms with E-state index in [9.17, 15) is 27.9 Å². The molecule has 3 aromatic carbocycles. The molecule has 0 radical (unpaired) electrons. The molecule has 1 saturated heterocycles. The second-order valence-corrected chi connectivity index (χ2v) is 7.84. The van der Waals surface area contributed by atoms with Crippen LogP contribution >= 0.6 is 0 Å². The molecule has 1 fully saturated rings. The highest BCUT2D eigenvalue weighted by Gasteiger charge is 2.40. The molecule has 0 spiro atoms. The van der Waals surface area contributed by atoms with E-state index in [0.29, 0.717) is 11.1 Å². The van der Waals surface area contributed by atoms with E-state index < -0.39 is 35.9 Å². The third-order valence-corrected chi connectivity index (χ3v) is 5.71. The summed E-state index contributed by atoms with van der Waals surface area (Å²) in [6.45, 7) is 1.65. The Labute approximate surface area is 188 Å². The number of alkyl halides is 3. The number of halogens is 3. The summed E-state index contributed by atoms with van der Waals surface area (Å²) in [4.78, 5) is 25.4. The van der Waals surface area contributed by atoms with Crippen LogP contribution in [0.25, 0.3) is 11.1 Å². The van der Waals surface area contributed by atoms with Crippen LogP contribution in [0.5, 0.6) is 0 Å². The summed E-state index contributed by atoms with van der Waals surface area (Å²) in [7, 11) is 0. The summed E-state index contributed by atoms with van der Waals surface area (Å²) in [5, 5.41) is 9.29. The van der Waals surface area contributed by atoms with Crippen LogP contribution in [0.1, 0.15) is 40.1 Å². The largest absolute Gasteiger partial charge is 0.478 e. The van der Waals surface area contributed by atoms with Crippen molar-refractivity contribution in [2.45, 2.75) is 31.8 Å². The Morgan fingerprint density at radius 1 is 1.03 bits per heavy atom. The Balaban J connectivity index is 1.73. The van der Waals surface area contributed by atoms with Crippen molar-refractivity contribution in [3.05, 3.63) is 95.1 Å². The first-order valence-corrected chi connectivity index (χ1v) is 10.2. The Morgan fingerprint density at radius 3 is 2.42 bits per heavy atom. The molecule has 8 heteroatoms. The number of hydrogen-bond acceptors (Lipinski definition) is 3. The molecule has 0 unspecified atom stereocenters. The number of hydrogen-bond donors (Lipinski definition) is 1. The highest BCUT2D eigenvalue weighted by Crippen LogP contribution is 2.37. The highest BCUT2D eigenvalue weighted by atomic mass is 19.4. The first-order valence-electron chi connectivity index (χ1n) is 10.2. The number of nitrogens with zero attached hydrogens (tertiary/aromatic N) is 1. The fourth-order valence-corrected chi connectivity index (χ4v) is 3.99. The first kappa shape index (κ1) is 22.4. The molecular weight excluding hydrogens is 435 g/mol.